The molecule has 0 saturated carbocycles. The molecule has 1 fully saturated rings. The second-order valence-electron chi connectivity index (χ2n) is 5.03. The summed E-state index contributed by atoms with van der Waals surface area (Å²) >= 11 is 0. The number of carbonyl (C=O) groups excluding carboxylic acids is 2. The lowest BCUT2D eigenvalue weighted by molar-refractivity contribution is -0.121. The molecule has 3 amide bonds. The molecule has 0 aromatic carbocycles. The van der Waals surface area contributed by atoms with Crippen molar-refractivity contribution in [3.05, 3.63) is 0 Å². The zero-order valence-electron chi connectivity index (χ0n) is 11.2. The molecule has 0 aromatic rings. The molecular formula is C12H24N4O2. The third kappa shape index (κ3) is 5.35. The quantitative estimate of drug-likeness (QED) is 0.648. The molecule has 1 heterocycles. The molecule has 0 aliphatic carbocycles. The number of piperidine rings is 1. The molecule has 4 N–H and O–H groups in total. The number of carbonyl (C=O) groups is 2. The van der Waals surface area contributed by atoms with Crippen molar-refractivity contribution in [3.8, 4) is 0 Å². The van der Waals surface area contributed by atoms with E-state index in [1.807, 2.05) is 13.8 Å². The van der Waals surface area contributed by atoms with Gasteiger partial charge in [0.15, 0.2) is 0 Å². The molecule has 104 valence electrons. The zero-order chi connectivity index (χ0) is 13.5. The van der Waals surface area contributed by atoms with E-state index >= 15 is 0 Å². The Labute approximate surface area is 108 Å². The molecule has 18 heavy (non-hydrogen) atoms. The molecule has 0 aromatic heterocycles. The molecule has 1 rings (SSSR count). The van der Waals surface area contributed by atoms with Crippen LogP contribution in [0.1, 0.15) is 33.1 Å². The molecule has 6 nitrogen and oxygen atoms in total. The first kappa shape index (κ1) is 14.8. The fraction of sp³-hybridized carbons (Fsp3) is 0.833. The van der Waals surface area contributed by atoms with Gasteiger partial charge in [-0.05, 0) is 26.7 Å². The van der Waals surface area contributed by atoms with Gasteiger partial charge in [0, 0.05) is 38.1 Å². The monoisotopic (exact) mass is 256 g/mol. The summed E-state index contributed by atoms with van der Waals surface area (Å²) in [6.45, 7) is 5.98. The van der Waals surface area contributed by atoms with Crippen molar-refractivity contribution in [3.63, 3.8) is 0 Å². The minimum Gasteiger partial charge on any atom is -0.354 e. The first-order chi connectivity index (χ1) is 8.49. The molecule has 6 heteroatoms. The molecule has 0 radical (unpaired) electrons. The first-order valence-corrected chi connectivity index (χ1v) is 6.56. The first-order valence-electron chi connectivity index (χ1n) is 6.56. The molecule has 0 spiro atoms. The maximum Gasteiger partial charge on any atom is 0.314 e. The SMILES string of the molecule is CC(C)NC(=O)CCNC1CCN(C(N)=O)CC1. The Balaban J connectivity index is 2.11. The highest BCUT2D eigenvalue weighted by molar-refractivity contribution is 5.76. The minimum atomic E-state index is -0.343. The highest BCUT2D eigenvalue weighted by Gasteiger charge is 2.20. The maximum absolute atomic E-state index is 11.4. The number of urea groups is 1. The van der Waals surface area contributed by atoms with E-state index in [0.29, 0.717) is 32.1 Å². The van der Waals surface area contributed by atoms with Gasteiger partial charge in [-0.3, -0.25) is 4.79 Å². The van der Waals surface area contributed by atoms with Crippen molar-refractivity contribution >= 4 is 11.9 Å². The maximum atomic E-state index is 11.4. The van der Waals surface area contributed by atoms with Gasteiger partial charge >= 0.3 is 6.03 Å². The van der Waals surface area contributed by atoms with Crippen LogP contribution in [0.3, 0.4) is 0 Å². The van der Waals surface area contributed by atoms with E-state index in [4.69, 9.17) is 5.73 Å². The van der Waals surface area contributed by atoms with E-state index < -0.39 is 0 Å². The van der Waals surface area contributed by atoms with Gasteiger partial charge in [-0.2, -0.15) is 0 Å². The Morgan fingerprint density at radius 1 is 1.33 bits per heavy atom. The van der Waals surface area contributed by atoms with Gasteiger partial charge in [-0.1, -0.05) is 0 Å². The minimum absolute atomic E-state index is 0.0760. The number of rotatable bonds is 5. The molecule has 1 saturated heterocycles. The number of nitrogens with zero attached hydrogens (tertiary/aromatic N) is 1. The van der Waals surface area contributed by atoms with E-state index in [2.05, 4.69) is 10.6 Å². The van der Waals surface area contributed by atoms with Gasteiger partial charge in [0.2, 0.25) is 5.91 Å². The van der Waals surface area contributed by atoms with Gasteiger partial charge in [0.1, 0.15) is 0 Å². The van der Waals surface area contributed by atoms with Gasteiger partial charge in [0.05, 0.1) is 0 Å². The van der Waals surface area contributed by atoms with Crippen LogP contribution in [-0.2, 0) is 4.79 Å². The standard InChI is InChI=1S/C12H24N4O2/c1-9(2)15-11(17)3-6-14-10-4-7-16(8-5-10)12(13)18/h9-10,14H,3-8H2,1-2H3,(H2,13,18)(H,15,17). The summed E-state index contributed by atoms with van der Waals surface area (Å²) in [5, 5.41) is 6.20. The summed E-state index contributed by atoms with van der Waals surface area (Å²) in [6, 6.07) is 0.230. The fourth-order valence-corrected chi connectivity index (χ4v) is 2.09. The lowest BCUT2D eigenvalue weighted by Gasteiger charge is -2.31. The summed E-state index contributed by atoms with van der Waals surface area (Å²) in [4.78, 5) is 24.0. The normalized spacial score (nSPS) is 16.9. The van der Waals surface area contributed by atoms with Crippen LogP contribution in [0, 0.1) is 0 Å². The highest BCUT2D eigenvalue weighted by atomic mass is 16.2. The van der Waals surface area contributed by atoms with Gasteiger partial charge < -0.3 is 21.3 Å². The van der Waals surface area contributed by atoms with Crippen LogP contribution in [-0.4, -0.2) is 48.6 Å². The smallest absolute Gasteiger partial charge is 0.314 e. The van der Waals surface area contributed by atoms with Crippen molar-refractivity contribution in [2.45, 2.75) is 45.2 Å². The Bertz CT molecular complexity index is 286. The molecular weight excluding hydrogens is 232 g/mol. The van der Waals surface area contributed by atoms with Gasteiger partial charge in [-0.15, -0.1) is 0 Å². The lowest BCUT2D eigenvalue weighted by Crippen LogP contribution is -2.47. The predicted octanol–water partition coefficient (Wildman–Crippen LogP) is 0.0338. The van der Waals surface area contributed by atoms with Crippen molar-refractivity contribution < 1.29 is 9.59 Å². The largest absolute Gasteiger partial charge is 0.354 e. The van der Waals surface area contributed by atoms with E-state index in [-0.39, 0.29) is 18.0 Å². The summed E-state index contributed by atoms with van der Waals surface area (Å²) in [5.74, 6) is 0.0760. The second-order valence-corrected chi connectivity index (χ2v) is 5.03. The van der Waals surface area contributed by atoms with Crippen molar-refractivity contribution in [2.24, 2.45) is 5.73 Å². The number of amides is 3. The summed E-state index contributed by atoms with van der Waals surface area (Å²) in [6.07, 6.45) is 2.29. The van der Waals surface area contributed by atoms with Crippen molar-refractivity contribution in [2.75, 3.05) is 19.6 Å². The van der Waals surface area contributed by atoms with Crippen LogP contribution < -0.4 is 16.4 Å². The molecule has 1 aliphatic rings. The second kappa shape index (κ2) is 7.20. The molecule has 0 unspecified atom stereocenters. The zero-order valence-corrected chi connectivity index (χ0v) is 11.2. The van der Waals surface area contributed by atoms with Crippen LogP contribution in [0.2, 0.25) is 0 Å². The Morgan fingerprint density at radius 3 is 2.44 bits per heavy atom. The van der Waals surface area contributed by atoms with Crippen molar-refractivity contribution in [1.29, 1.82) is 0 Å². The van der Waals surface area contributed by atoms with Gasteiger partial charge in [0.25, 0.3) is 0 Å². The number of nitrogens with two attached hydrogens (primary N) is 1. The van der Waals surface area contributed by atoms with Crippen LogP contribution in [0.15, 0.2) is 0 Å². The van der Waals surface area contributed by atoms with E-state index in [0.717, 1.165) is 12.8 Å². The summed E-state index contributed by atoms with van der Waals surface area (Å²) in [7, 11) is 0. The van der Waals surface area contributed by atoms with E-state index in [1.165, 1.54) is 0 Å². The third-order valence-corrected chi connectivity index (χ3v) is 3.04. The van der Waals surface area contributed by atoms with Gasteiger partial charge in [-0.25, -0.2) is 4.79 Å². The number of likely N-dealkylation sites (tertiary alicyclic amines) is 1. The summed E-state index contributed by atoms with van der Waals surface area (Å²) < 4.78 is 0. The number of primary amides is 1. The lowest BCUT2D eigenvalue weighted by atomic mass is 10.1. The van der Waals surface area contributed by atoms with Crippen molar-refractivity contribution in [1.82, 2.24) is 15.5 Å². The molecule has 0 atom stereocenters. The summed E-state index contributed by atoms with van der Waals surface area (Å²) in [5.41, 5.74) is 5.21. The molecule has 0 bridgehead atoms. The van der Waals surface area contributed by atoms with E-state index in [1.54, 1.807) is 4.90 Å². The third-order valence-electron chi connectivity index (χ3n) is 3.04. The van der Waals surface area contributed by atoms with Crippen LogP contribution in [0.25, 0.3) is 0 Å². The fourth-order valence-electron chi connectivity index (χ4n) is 2.09. The molecule has 1 aliphatic heterocycles. The Hall–Kier alpha value is -1.30. The topological polar surface area (TPSA) is 87.5 Å². The predicted molar refractivity (Wildman–Crippen MR) is 70.1 cm³/mol. The number of nitrogens with one attached hydrogen (secondary N) is 2. The average Bonchev–Trinajstić information content (AvgIpc) is 2.28. The van der Waals surface area contributed by atoms with E-state index in [9.17, 15) is 9.59 Å². The Kier molecular flexibility index (Phi) is 5.91. The number of hydrogen-bond donors (Lipinski definition) is 3. The average molecular weight is 256 g/mol. The Morgan fingerprint density at radius 2 is 1.94 bits per heavy atom. The van der Waals surface area contributed by atoms with Crippen LogP contribution in [0.4, 0.5) is 4.79 Å². The van der Waals surface area contributed by atoms with Crippen LogP contribution >= 0.6 is 0 Å². The van der Waals surface area contributed by atoms with Crippen LogP contribution in [0.5, 0.6) is 0 Å². The highest BCUT2D eigenvalue weighted by Crippen LogP contribution is 2.09. The number of hydrogen-bond acceptors (Lipinski definition) is 3.